The molecule has 1 N–H and O–H groups in total. The Labute approximate surface area is 205 Å². The number of hydrogen-bond acceptors (Lipinski definition) is 5. The van der Waals surface area contributed by atoms with Crippen molar-refractivity contribution in [2.75, 3.05) is 20.3 Å². The average Bonchev–Trinajstić information content (AvgIpc) is 3.75. The minimum atomic E-state index is -0.699. The zero-order valence-corrected chi connectivity index (χ0v) is 19.9. The van der Waals surface area contributed by atoms with Crippen molar-refractivity contribution in [3.05, 3.63) is 61.8 Å². The number of rotatable bonds is 6. The van der Waals surface area contributed by atoms with Crippen molar-refractivity contribution in [3.63, 3.8) is 0 Å². The highest BCUT2D eigenvalue weighted by Gasteiger charge is 2.56. The summed E-state index contributed by atoms with van der Waals surface area (Å²) in [6.45, 7) is 0.978. The Bertz CT molecular complexity index is 1320. The van der Waals surface area contributed by atoms with E-state index in [9.17, 15) is 23.9 Å². The van der Waals surface area contributed by atoms with E-state index in [-0.39, 0.29) is 46.6 Å². The number of nitrogens with zero attached hydrogens (tertiary/aromatic N) is 3. The van der Waals surface area contributed by atoms with Crippen molar-refractivity contribution in [1.82, 2.24) is 14.4 Å². The van der Waals surface area contributed by atoms with E-state index in [4.69, 9.17) is 16.3 Å². The number of aromatic hydroxyl groups is 1. The van der Waals surface area contributed by atoms with Gasteiger partial charge < -0.3 is 19.6 Å². The van der Waals surface area contributed by atoms with Gasteiger partial charge in [0.25, 0.3) is 17.4 Å². The highest BCUT2D eigenvalue weighted by molar-refractivity contribution is 6.30. The number of amides is 2. The molecule has 3 heterocycles. The molecule has 1 aromatic heterocycles. The molecule has 35 heavy (non-hydrogen) atoms. The van der Waals surface area contributed by atoms with E-state index in [0.717, 1.165) is 19.3 Å². The van der Waals surface area contributed by atoms with Crippen LogP contribution in [-0.2, 0) is 17.7 Å². The topological polar surface area (TPSA) is 92.1 Å². The van der Waals surface area contributed by atoms with Gasteiger partial charge >= 0.3 is 0 Å². The molecular formula is C25H25ClFN3O5. The third kappa shape index (κ3) is 3.47. The van der Waals surface area contributed by atoms with Crippen molar-refractivity contribution in [1.29, 1.82) is 0 Å². The first-order valence-corrected chi connectivity index (χ1v) is 12.2. The lowest BCUT2D eigenvalue weighted by Crippen LogP contribution is -2.40. The van der Waals surface area contributed by atoms with E-state index < -0.39 is 29.2 Å². The molecule has 184 valence electrons. The van der Waals surface area contributed by atoms with Crippen LogP contribution in [0.1, 0.15) is 57.4 Å². The molecule has 2 aliphatic carbocycles. The van der Waals surface area contributed by atoms with Gasteiger partial charge in [-0.2, -0.15) is 0 Å². The van der Waals surface area contributed by atoms with Crippen LogP contribution in [0.25, 0.3) is 0 Å². The standard InChI is InChI=1S/C25H25ClFN3O5/c1-35-11-14-9-18(14)29-22(13-3-4-13)30-20(24(29)33)15-6-7-28(23(32)19(15)21(31)25(30)34)10-12-2-5-17(27)16(26)8-12/h2,5,8,13-14,18,22,31H,3-4,6-7,9-11H2,1H3/t14-,18-,22-/m1/s1. The Morgan fingerprint density at radius 3 is 2.66 bits per heavy atom. The number of methoxy groups -OCH3 is 1. The summed E-state index contributed by atoms with van der Waals surface area (Å²) in [6, 6.07) is 4.21. The van der Waals surface area contributed by atoms with E-state index in [1.807, 2.05) is 0 Å². The maximum absolute atomic E-state index is 13.7. The van der Waals surface area contributed by atoms with E-state index in [1.54, 1.807) is 12.0 Å². The molecule has 2 saturated carbocycles. The van der Waals surface area contributed by atoms with Gasteiger partial charge in [-0.1, -0.05) is 17.7 Å². The number of halogens is 2. The summed E-state index contributed by atoms with van der Waals surface area (Å²) in [6.07, 6.45) is 2.52. The molecule has 8 nitrogen and oxygen atoms in total. The molecule has 4 aliphatic rings. The predicted octanol–water partition coefficient (Wildman–Crippen LogP) is 2.94. The summed E-state index contributed by atoms with van der Waals surface area (Å²) in [5.74, 6) is -1.55. The number of fused-ring (bicyclic) bond motifs is 3. The van der Waals surface area contributed by atoms with Crippen LogP contribution in [0.15, 0.2) is 23.0 Å². The van der Waals surface area contributed by atoms with Crippen LogP contribution in [0.3, 0.4) is 0 Å². The molecule has 0 bridgehead atoms. The Hall–Kier alpha value is -2.91. The van der Waals surface area contributed by atoms with Crippen LogP contribution in [0.4, 0.5) is 4.39 Å². The lowest BCUT2D eigenvalue weighted by atomic mass is 9.95. The summed E-state index contributed by atoms with van der Waals surface area (Å²) in [4.78, 5) is 43.8. The van der Waals surface area contributed by atoms with Crippen LogP contribution in [0, 0.1) is 17.7 Å². The second-order valence-electron chi connectivity index (χ2n) is 9.93. The van der Waals surface area contributed by atoms with Gasteiger partial charge in [-0.25, -0.2) is 4.39 Å². The molecule has 2 aromatic rings. The lowest BCUT2D eigenvalue weighted by molar-refractivity contribution is 0.0608. The molecule has 0 saturated heterocycles. The Morgan fingerprint density at radius 1 is 1.20 bits per heavy atom. The first-order chi connectivity index (χ1) is 16.8. The molecule has 2 amide bonds. The molecule has 0 radical (unpaired) electrons. The number of hydrogen-bond donors (Lipinski definition) is 1. The van der Waals surface area contributed by atoms with E-state index in [1.165, 1.54) is 27.7 Å². The summed E-state index contributed by atoms with van der Waals surface area (Å²) >= 11 is 5.88. The largest absolute Gasteiger partial charge is 0.502 e. The summed E-state index contributed by atoms with van der Waals surface area (Å²) in [5, 5.41) is 10.9. The third-order valence-corrected chi connectivity index (χ3v) is 7.92. The van der Waals surface area contributed by atoms with Crippen LogP contribution < -0.4 is 5.56 Å². The SMILES string of the molecule is COC[C@H]1C[C@H]1N1C(=O)c2c3c(c(O)c(=O)n2[C@@H]1C1CC1)C(=O)N(Cc1ccc(F)c(Cl)c1)CC3. The second kappa shape index (κ2) is 8.06. The number of carbonyl (C=O) groups is 2. The smallest absolute Gasteiger partial charge is 0.295 e. The minimum absolute atomic E-state index is 0.0100. The van der Waals surface area contributed by atoms with Crippen LogP contribution in [0.2, 0.25) is 5.02 Å². The number of aromatic nitrogens is 1. The van der Waals surface area contributed by atoms with Crippen molar-refractivity contribution in [3.8, 4) is 5.75 Å². The zero-order chi connectivity index (χ0) is 24.6. The lowest BCUT2D eigenvalue weighted by Gasteiger charge is -2.30. The Morgan fingerprint density at radius 2 is 1.97 bits per heavy atom. The summed E-state index contributed by atoms with van der Waals surface area (Å²) in [5.41, 5.74) is 0.493. The van der Waals surface area contributed by atoms with Crippen molar-refractivity contribution >= 4 is 23.4 Å². The quantitative estimate of drug-likeness (QED) is 0.657. The molecule has 0 spiro atoms. The third-order valence-electron chi connectivity index (χ3n) is 7.63. The van der Waals surface area contributed by atoms with Crippen molar-refractivity contribution < 1.29 is 23.8 Å². The van der Waals surface area contributed by atoms with E-state index in [2.05, 4.69) is 0 Å². The molecule has 0 unspecified atom stereocenters. The van der Waals surface area contributed by atoms with Gasteiger partial charge in [-0.05, 0) is 49.3 Å². The van der Waals surface area contributed by atoms with Gasteiger partial charge in [0.05, 0.1) is 17.2 Å². The number of carbonyl (C=O) groups excluding carboxylic acids is 2. The highest BCUT2D eigenvalue weighted by Crippen LogP contribution is 2.52. The molecule has 3 atom stereocenters. The molecule has 1 aromatic carbocycles. The van der Waals surface area contributed by atoms with Crippen LogP contribution in [0.5, 0.6) is 5.75 Å². The molecular weight excluding hydrogens is 477 g/mol. The second-order valence-corrected chi connectivity index (χ2v) is 10.3. The minimum Gasteiger partial charge on any atom is -0.502 e. The van der Waals surface area contributed by atoms with Crippen LogP contribution in [-0.4, -0.2) is 57.6 Å². The van der Waals surface area contributed by atoms with Gasteiger partial charge in [0.15, 0.2) is 5.75 Å². The van der Waals surface area contributed by atoms with Gasteiger partial charge in [-0.15, -0.1) is 0 Å². The summed E-state index contributed by atoms with van der Waals surface area (Å²) in [7, 11) is 1.63. The fourth-order valence-electron chi connectivity index (χ4n) is 5.71. The molecule has 6 rings (SSSR count). The zero-order valence-electron chi connectivity index (χ0n) is 19.2. The van der Waals surface area contributed by atoms with Crippen molar-refractivity contribution in [2.24, 2.45) is 11.8 Å². The molecule has 2 aliphatic heterocycles. The monoisotopic (exact) mass is 501 g/mol. The molecule has 2 fully saturated rings. The van der Waals surface area contributed by atoms with Crippen LogP contribution >= 0.6 is 11.6 Å². The van der Waals surface area contributed by atoms with Gasteiger partial charge in [0.2, 0.25) is 0 Å². The fourth-order valence-corrected chi connectivity index (χ4v) is 5.92. The van der Waals surface area contributed by atoms with Crippen molar-refractivity contribution in [2.45, 2.75) is 44.4 Å². The number of ether oxygens (including phenoxy) is 1. The fraction of sp³-hybridized carbons (Fsp3) is 0.480. The summed E-state index contributed by atoms with van der Waals surface area (Å²) < 4.78 is 20.3. The normalized spacial score (nSPS) is 25.2. The number of benzene rings is 1. The van der Waals surface area contributed by atoms with E-state index >= 15 is 0 Å². The molecule has 10 heteroatoms. The first-order valence-electron chi connectivity index (χ1n) is 11.9. The van der Waals surface area contributed by atoms with Gasteiger partial charge in [0, 0.05) is 37.7 Å². The van der Waals surface area contributed by atoms with Gasteiger partial charge in [-0.3, -0.25) is 19.0 Å². The van der Waals surface area contributed by atoms with E-state index in [0.29, 0.717) is 30.7 Å². The van der Waals surface area contributed by atoms with Gasteiger partial charge in [0.1, 0.15) is 17.7 Å². The Kier molecular flexibility index (Phi) is 5.19. The average molecular weight is 502 g/mol. The first kappa shape index (κ1) is 22.5. The maximum atomic E-state index is 13.7. The maximum Gasteiger partial charge on any atom is 0.295 e. The Balaban J connectivity index is 1.38. The number of pyridine rings is 1. The predicted molar refractivity (Wildman–Crippen MR) is 124 cm³/mol. The highest BCUT2D eigenvalue weighted by atomic mass is 35.5.